The first-order valence-electron chi connectivity index (χ1n) is 10.5. The summed E-state index contributed by atoms with van der Waals surface area (Å²) in [5.41, 5.74) is -5.37. The minimum atomic E-state index is -5.79. The topological polar surface area (TPSA) is 84.5 Å². The fraction of sp³-hybridized carbons (Fsp3) is 0.409. The summed E-state index contributed by atoms with van der Waals surface area (Å²) < 4.78 is 112. The molecule has 0 saturated heterocycles. The largest absolute Gasteiger partial charge is 0.430 e. The number of amides is 1. The van der Waals surface area contributed by atoms with Crippen molar-refractivity contribution in [3.63, 3.8) is 0 Å². The molecule has 0 aromatic heterocycles. The highest BCUT2D eigenvalue weighted by Crippen LogP contribution is 2.52. The maximum absolute atomic E-state index is 13.5. The van der Waals surface area contributed by atoms with Crippen LogP contribution in [0, 0.1) is 0 Å². The molecule has 2 aromatic rings. The molecule has 6 nitrogen and oxygen atoms in total. The SMILES string of the molecule is CCOC(c1ccc(C(=O)NCc2ccc(S(=O)(=O)NC3CC3)cc2)cc1)(C(F)(F)F)C(F)(F)F. The normalized spacial score (nSPS) is 15.2. The molecule has 0 radical (unpaired) electrons. The number of rotatable bonds is 9. The predicted molar refractivity (Wildman–Crippen MR) is 113 cm³/mol. The van der Waals surface area contributed by atoms with E-state index >= 15 is 0 Å². The van der Waals surface area contributed by atoms with Crippen molar-refractivity contribution >= 4 is 15.9 Å². The second kappa shape index (κ2) is 9.78. The third kappa shape index (κ3) is 5.78. The minimum Gasteiger partial charge on any atom is -0.354 e. The van der Waals surface area contributed by atoms with Crippen LogP contribution in [0.15, 0.2) is 53.4 Å². The van der Waals surface area contributed by atoms with Crippen molar-refractivity contribution in [2.24, 2.45) is 0 Å². The Morgan fingerprint density at radius 3 is 1.94 bits per heavy atom. The Kier molecular flexibility index (Phi) is 7.53. The molecule has 0 heterocycles. The van der Waals surface area contributed by atoms with E-state index in [1.807, 2.05) is 0 Å². The summed E-state index contributed by atoms with van der Waals surface area (Å²) in [4.78, 5) is 12.4. The van der Waals surface area contributed by atoms with Crippen LogP contribution in [0.3, 0.4) is 0 Å². The van der Waals surface area contributed by atoms with Crippen molar-refractivity contribution in [3.05, 3.63) is 65.2 Å². The molecule has 1 amide bonds. The number of carbonyl (C=O) groups excluding carboxylic acids is 1. The van der Waals surface area contributed by atoms with Gasteiger partial charge in [0.25, 0.3) is 11.5 Å². The highest BCUT2D eigenvalue weighted by atomic mass is 32.2. The summed E-state index contributed by atoms with van der Waals surface area (Å²) in [5.74, 6) is -0.746. The molecule has 35 heavy (non-hydrogen) atoms. The number of alkyl halides is 6. The zero-order valence-corrected chi connectivity index (χ0v) is 19.2. The van der Waals surface area contributed by atoms with Crippen molar-refractivity contribution in [1.82, 2.24) is 10.0 Å². The van der Waals surface area contributed by atoms with E-state index in [0.717, 1.165) is 31.9 Å². The summed E-state index contributed by atoms with van der Waals surface area (Å²) in [6.07, 6.45) is -10.0. The summed E-state index contributed by atoms with van der Waals surface area (Å²) in [7, 11) is -3.64. The van der Waals surface area contributed by atoms with Crippen LogP contribution in [-0.2, 0) is 26.9 Å². The average Bonchev–Trinajstić information content (AvgIpc) is 3.58. The Morgan fingerprint density at radius 1 is 0.943 bits per heavy atom. The van der Waals surface area contributed by atoms with Crippen molar-refractivity contribution in [2.45, 2.75) is 55.2 Å². The van der Waals surface area contributed by atoms with E-state index in [1.54, 1.807) is 0 Å². The van der Waals surface area contributed by atoms with Gasteiger partial charge >= 0.3 is 12.4 Å². The number of nitrogens with one attached hydrogen (secondary N) is 2. The maximum Gasteiger partial charge on any atom is 0.430 e. The summed E-state index contributed by atoms with van der Waals surface area (Å²) in [6, 6.07) is 8.42. The fourth-order valence-corrected chi connectivity index (χ4v) is 4.67. The lowest BCUT2D eigenvalue weighted by Gasteiger charge is -2.37. The molecular weight excluding hydrogens is 502 g/mol. The molecule has 1 aliphatic rings. The number of halogens is 6. The van der Waals surface area contributed by atoms with Crippen LogP contribution in [0.2, 0.25) is 0 Å². The van der Waals surface area contributed by atoms with Gasteiger partial charge in [-0.15, -0.1) is 0 Å². The molecule has 0 unspecified atom stereocenters. The van der Waals surface area contributed by atoms with Gasteiger partial charge in [-0.2, -0.15) is 26.3 Å². The second-order valence-corrected chi connectivity index (χ2v) is 9.62. The highest BCUT2D eigenvalue weighted by molar-refractivity contribution is 7.89. The van der Waals surface area contributed by atoms with Crippen LogP contribution >= 0.6 is 0 Å². The second-order valence-electron chi connectivity index (χ2n) is 7.91. The molecule has 0 spiro atoms. The molecule has 2 aromatic carbocycles. The predicted octanol–water partition coefficient (Wildman–Crippen LogP) is 4.41. The molecule has 1 aliphatic carbocycles. The van der Waals surface area contributed by atoms with E-state index in [4.69, 9.17) is 0 Å². The number of ether oxygens (including phenoxy) is 1. The molecule has 1 fully saturated rings. The quantitative estimate of drug-likeness (QED) is 0.476. The van der Waals surface area contributed by atoms with Crippen LogP contribution in [0.5, 0.6) is 0 Å². The van der Waals surface area contributed by atoms with E-state index in [-0.39, 0.29) is 23.0 Å². The number of hydrogen-bond acceptors (Lipinski definition) is 4. The van der Waals surface area contributed by atoms with Crippen molar-refractivity contribution in [2.75, 3.05) is 6.61 Å². The van der Waals surface area contributed by atoms with Gasteiger partial charge < -0.3 is 10.1 Å². The van der Waals surface area contributed by atoms with E-state index in [9.17, 15) is 39.6 Å². The first-order valence-corrected chi connectivity index (χ1v) is 12.0. The summed E-state index contributed by atoms with van der Waals surface area (Å²) in [6.45, 7) is 0.114. The lowest BCUT2D eigenvalue weighted by Crippen LogP contribution is -2.56. The average molecular weight is 524 g/mol. The first kappa shape index (κ1) is 27.0. The van der Waals surface area contributed by atoms with Gasteiger partial charge in [0.1, 0.15) is 0 Å². The fourth-order valence-electron chi connectivity index (χ4n) is 3.37. The summed E-state index contributed by atoms with van der Waals surface area (Å²) in [5, 5.41) is 2.48. The van der Waals surface area contributed by atoms with Crippen LogP contribution in [0.1, 0.15) is 41.3 Å². The van der Waals surface area contributed by atoms with Gasteiger partial charge in [0.15, 0.2) is 0 Å². The number of carbonyl (C=O) groups is 1. The van der Waals surface area contributed by atoms with Gasteiger partial charge in [0.2, 0.25) is 10.0 Å². The Hall–Kier alpha value is -2.64. The molecule has 0 atom stereocenters. The molecule has 3 rings (SSSR count). The Balaban J connectivity index is 1.71. The number of sulfonamides is 1. The Morgan fingerprint density at radius 2 is 1.49 bits per heavy atom. The van der Waals surface area contributed by atoms with E-state index in [2.05, 4.69) is 14.8 Å². The molecule has 1 saturated carbocycles. The number of hydrogen-bond donors (Lipinski definition) is 2. The lowest BCUT2D eigenvalue weighted by molar-refractivity contribution is -0.388. The van der Waals surface area contributed by atoms with E-state index in [0.29, 0.717) is 17.7 Å². The number of benzene rings is 2. The van der Waals surface area contributed by atoms with Gasteiger partial charge in [-0.05, 0) is 49.6 Å². The lowest BCUT2D eigenvalue weighted by atomic mass is 9.91. The van der Waals surface area contributed by atoms with Crippen LogP contribution < -0.4 is 10.0 Å². The minimum absolute atomic E-state index is 0.0506. The zero-order chi connectivity index (χ0) is 26.1. The zero-order valence-electron chi connectivity index (χ0n) is 18.3. The van der Waals surface area contributed by atoms with Crippen LogP contribution in [0.25, 0.3) is 0 Å². The third-order valence-corrected chi connectivity index (χ3v) is 6.84. The van der Waals surface area contributed by atoms with Crippen LogP contribution in [0.4, 0.5) is 26.3 Å². The van der Waals surface area contributed by atoms with Crippen molar-refractivity contribution < 1.29 is 44.3 Å². The first-order chi connectivity index (χ1) is 16.2. The van der Waals surface area contributed by atoms with Gasteiger partial charge in [0, 0.05) is 30.3 Å². The molecular formula is C22H22F6N2O4S. The Bertz CT molecular complexity index is 1130. The maximum atomic E-state index is 13.5. The van der Waals surface area contributed by atoms with E-state index in [1.165, 1.54) is 24.3 Å². The smallest absolute Gasteiger partial charge is 0.354 e. The monoisotopic (exact) mass is 524 g/mol. The Labute approximate surface area is 197 Å². The molecule has 192 valence electrons. The van der Waals surface area contributed by atoms with Gasteiger partial charge in [-0.3, -0.25) is 4.79 Å². The molecule has 0 aliphatic heterocycles. The van der Waals surface area contributed by atoms with E-state index < -0.39 is 46.1 Å². The van der Waals surface area contributed by atoms with Gasteiger partial charge in [-0.1, -0.05) is 24.3 Å². The van der Waals surface area contributed by atoms with Gasteiger partial charge in [0.05, 0.1) is 4.90 Å². The molecule has 2 N–H and O–H groups in total. The molecule has 13 heteroatoms. The molecule has 0 bridgehead atoms. The van der Waals surface area contributed by atoms with Crippen molar-refractivity contribution in [3.8, 4) is 0 Å². The van der Waals surface area contributed by atoms with Crippen molar-refractivity contribution in [1.29, 1.82) is 0 Å². The van der Waals surface area contributed by atoms with Gasteiger partial charge in [-0.25, -0.2) is 13.1 Å². The van der Waals surface area contributed by atoms with Crippen LogP contribution in [-0.4, -0.2) is 39.3 Å². The standard InChI is InChI=1S/C22H22F6N2O4S/c1-2-34-20(21(23,24)25,22(26,27)28)16-7-5-15(6-8-16)19(31)29-13-14-3-11-18(12-4-14)35(32,33)30-17-9-10-17/h3-8,11-12,17,30H,2,9-10,13H2,1H3,(H,29,31). The summed E-state index contributed by atoms with van der Waals surface area (Å²) >= 11 is 0. The highest BCUT2D eigenvalue weighted by Gasteiger charge is 2.73. The third-order valence-electron chi connectivity index (χ3n) is 5.30.